The highest BCUT2D eigenvalue weighted by Crippen LogP contribution is 2.16. The van der Waals surface area contributed by atoms with Crippen LogP contribution in [-0.4, -0.2) is 4.98 Å². The van der Waals surface area contributed by atoms with Crippen LogP contribution in [0, 0.1) is 5.92 Å². The van der Waals surface area contributed by atoms with Gasteiger partial charge < -0.3 is 11.1 Å². The number of rotatable bonds is 4. The number of allylic oxidation sites excluding steroid dienone is 1. The highest BCUT2D eigenvalue weighted by Gasteiger charge is 2.04. The molecule has 0 aromatic carbocycles. The predicted octanol–water partition coefficient (Wildman–Crippen LogP) is 2.68. The van der Waals surface area contributed by atoms with Gasteiger partial charge in [-0.1, -0.05) is 20.4 Å². The maximum absolute atomic E-state index is 5.80. The molecule has 0 radical (unpaired) electrons. The van der Waals surface area contributed by atoms with Crippen molar-refractivity contribution in [1.29, 1.82) is 0 Å². The molecule has 0 spiro atoms. The lowest BCUT2D eigenvalue weighted by molar-refractivity contribution is 0.775. The highest BCUT2D eigenvalue weighted by molar-refractivity contribution is 5.43. The quantitative estimate of drug-likeness (QED) is 0.794. The van der Waals surface area contributed by atoms with Crippen LogP contribution >= 0.6 is 0 Å². The second-order valence-corrected chi connectivity index (χ2v) is 4.07. The van der Waals surface area contributed by atoms with Gasteiger partial charge >= 0.3 is 0 Å². The molecule has 1 aromatic rings. The van der Waals surface area contributed by atoms with Crippen molar-refractivity contribution in [2.45, 2.75) is 26.8 Å². The van der Waals surface area contributed by atoms with Crippen molar-refractivity contribution in [1.82, 2.24) is 4.98 Å². The summed E-state index contributed by atoms with van der Waals surface area (Å²) in [5.74, 6) is 1.20. The average Bonchev–Trinajstić information content (AvgIpc) is 2.18. The van der Waals surface area contributed by atoms with Crippen LogP contribution in [0.15, 0.2) is 30.6 Å². The van der Waals surface area contributed by atoms with Crippen molar-refractivity contribution in [3.8, 4) is 0 Å². The first-order chi connectivity index (χ1) is 7.00. The monoisotopic (exact) mass is 205 g/mol. The Hall–Kier alpha value is -1.35. The first-order valence-corrected chi connectivity index (χ1v) is 5.18. The van der Waals surface area contributed by atoms with Gasteiger partial charge in [0.25, 0.3) is 0 Å². The topological polar surface area (TPSA) is 50.9 Å². The summed E-state index contributed by atoms with van der Waals surface area (Å²) in [6.45, 7) is 10.1. The van der Waals surface area contributed by atoms with E-state index in [1.165, 1.54) is 0 Å². The predicted molar refractivity (Wildman–Crippen MR) is 64.4 cm³/mol. The average molecular weight is 205 g/mol. The zero-order chi connectivity index (χ0) is 11.4. The molecule has 1 atom stereocenters. The molecular formula is C12H19N3. The van der Waals surface area contributed by atoms with Crippen molar-refractivity contribution >= 4 is 5.82 Å². The summed E-state index contributed by atoms with van der Waals surface area (Å²) in [6, 6.07) is 3.91. The standard InChI is InChI=1S/C12H19N3/c1-8(2)10(4)15-12-7-11(9(3)13)5-6-14-12/h5-9H,4,13H2,1-3H3,(H,14,15). The van der Waals surface area contributed by atoms with Gasteiger partial charge in [-0.2, -0.15) is 0 Å². The molecule has 1 rings (SSSR count). The molecule has 1 unspecified atom stereocenters. The van der Waals surface area contributed by atoms with E-state index >= 15 is 0 Å². The number of anilines is 1. The third kappa shape index (κ3) is 3.36. The second kappa shape index (κ2) is 4.94. The summed E-state index contributed by atoms with van der Waals surface area (Å²) in [7, 11) is 0. The summed E-state index contributed by atoms with van der Waals surface area (Å²) in [4.78, 5) is 4.22. The summed E-state index contributed by atoms with van der Waals surface area (Å²) in [6.07, 6.45) is 1.76. The minimum Gasteiger partial charge on any atom is -0.344 e. The van der Waals surface area contributed by atoms with Crippen molar-refractivity contribution in [3.63, 3.8) is 0 Å². The Morgan fingerprint density at radius 1 is 1.47 bits per heavy atom. The van der Waals surface area contributed by atoms with E-state index in [1.807, 2.05) is 19.1 Å². The van der Waals surface area contributed by atoms with Gasteiger partial charge in [-0.05, 0) is 30.5 Å². The van der Waals surface area contributed by atoms with E-state index in [9.17, 15) is 0 Å². The van der Waals surface area contributed by atoms with Crippen LogP contribution in [0.4, 0.5) is 5.82 Å². The first-order valence-electron chi connectivity index (χ1n) is 5.18. The van der Waals surface area contributed by atoms with E-state index in [0.29, 0.717) is 5.92 Å². The molecule has 15 heavy (non-hydrogen) atoms. The van der Waals surface area contributed by atoms with Crippen molar-refractivity contribution < 1.29 is 0 Å². The number of nitrogens with zero attached hydrogens (tertiary/aromatic N) is 1. The van der Waals surface area contributed by atoms with E-state index < -0.39 is 0 Å². The van der Waals surface area contributed by atoms with E-state index in [2.05, 4.69) is 30.7 Å². The minimum absolute atomic E-state index is 0.0286. The SMILES string of the molecule is C=C(Nc1cc(C(C)N)ccn1)C(C)C. The normalized spacial score (nSPS) is 12.6. The van der Waals surface area contributed by atoms with Crippen LogP contribution < -0.4 is 11.1 Å². The summed E-state index contributed by atoms with van der Waals surface area (Å²) >= 11 is 0. The fraction of sp³-hybridized carbons (Fsp3) is 0.417. The Bertz CT molecular complexity index is 342. The Kier molecular flexibility index (Phi) is 3.86. The fourth-order valence-electron chi connectivity index (χ4n) is 1.11. The Morgan fingerprint density at radius 2 is 2.13 bits per heavy atom. The molecule has 0 amide bonds. The molecule has 0 saturated heterocycles. The molecule has 0 fully saturated rings. The number of pyridine rings is 1. The van der Waals surface area contributed by atoms with Gasteiger partial charge in [0.05, 0.1) is 0 Å². The molecule has 0 aliphatic rings. The van der Waals surface area contributed by atoms with E-state index in [0.717, 1.165) is 17.1 Å². The highest BCUT2D eigenvalue weighted by atomic mass is 15.0. The van der Waals surface area contributed by atoms with Gasteiger partial charge in [0.1, 0.15) is 5.82 Å². The maximum atomic E-state index is 5.80. The molecule has 82 valence electrons. The van der Waals surface area contributed by atoms with Crippen LogP contribution in [0.2, 0.25) is 0 Å². The van der Waals surface area contributed by atoms with Crippen molar-refractivity contribution in [2.75, 3.05) is 5.32 Å². The number of nitrogens with two attached hydrogens (primary N) is 1. The first kappa shape index (κ1) is 11.7. The molecule has 3 nitrogen and oxygen atoms in total. The van der Waals surface area contributed by atoms with Crippen molar-refractivity contribution in [3.05, 3.63) is 36.2 Å². The molecule has 3 N–H and O–H groups in total. The summed E-state index contributed by atoms with van der Waals surface area (Å²) < 4.78 is 0. The van der Waals surface area contributed by atoms with E-state index in [1.54, 1.807) is 6.20 Å². The second-order valence-electron chi connectivity index (χ2n) is 4.07. The molecule has 1 heterocycles. The number of nitrogens with one attached hydrogen (secondary N) is 1. The smallest absolute Gasteiger partial charge is 0.130 e. The van der Waals surface area contributed by atoms with Gasteiger partial charge in [-0.3, -0.25) is 0 Å². The molecule has 1 aromatic heterocycles. The zero-order valence-corrected chi connectivity index (χ0v) is 9.62. The van der Waals surface area contributed by atoms with Gasteiger partial charge in [-0.25, -0.2) is 4.98 Å². The van der Waals surface area contributed by atoms with Crippen LogP contribution in [0.3, 0.4) is 0 Å². The lowest BCUT2D eigenvalue weighted by Crippen LogP contribution is -2.08. The number of aromatic nitrogens is 1. The molecule has 0 aliphatic carbocycles. The Labute approximate surface area is 91.4 Å². The maximum Gasteiger partial charge on any atom is 0.130 e. The lowest BCUT2D eigenvalue weighted by Gasteiger charge is -2.13. The third-order valence-electron chi connectivity index (χ3n) is 2.30. The van der Waals surface area contributed by atoms with Crippen LogP contribution in [-0.2, 0) is 0 Å². The molecule has 0 bridgehead atoms. The molecule has 0 aliphatic heterocycles. The minimum atomic E-state index is 0.0286. The number of hydrogen-bond donors (Lipinski definition) is 2. The molecule has 0 saturated carbocycles. The van der Waals surface area contributed by atoms with Crippen molar-refractivity contribution in [2.24, 2.45) is 11.7 Å². The van der Waals surface area contributed by atoms with E-state index in [4.69, 9.17) is 5.73 Å². The fourth-order valence-corrected chi connectivity index (χ4v) is 1.11. The summed E-state index contributed by atoms with van der Waals surface area (Å²) in [5, 5.41) is 3.18. The van der Waals surface area contributed by atoms with Crippen LogP contribution in [0.25, 0.3) is 0 Å². The Morgan fingerprint density at radius 3 is 2.67 bits per heavy atom. The lowest BCUT2D eigenvalue weighted by atomic mass is 10.1. The van der Waals surface area contributed by atoms with Gasteiger partial charge in [0.15, 0.2) is 0 Å². The number of hydrogen-bond acceptors (Lipinski definition) is 3. The van der Waals surface area contributed by atoms with Gasteiger partial charge in [-0.15, -0.1) is 0 Å². The largest absolute Gasteiger partial charge is 0.344 e. The van der Waals surface area contributed by atoms with Crippen LogP contribution in [0.1, 0.15) is 32.4 Å². The van der Waals surface area contributed by atoms with Gasteiger partial charge in [0, 0.05) is 17.9 Å². The van der Waals surface area contributed by atoms with E-state index in [-0.39, 0.29) is 6.04 Å². The zero-order valence-electron chi connectivity index (χ0n) is 9.62. The summed E-state index contributed by atoms with van der Waals surface area (Å²) in [5.41, 5.74) is 7.83. The van der Waals surface area contributed by atoms with Gasteiger partial charge in [0.2, 0.25) is 0 Å². The molecular weight excluding hydrogens is 186 g/mol. The Balaban J connectivity index is 2.78. The van der Waals surface area contributed by atoms with Crippen LogP contribution in [0.5, 0.6) is 0 Å². The molecule has 3 heteroatoms. The third-order valence-corrected chi connectivity index (χ3v) is 2.30.